The number of carbonyl (C=O) groups excluding carboxylic acids is 2. The van der Waals surface area contributed by atoms with E-state index in [0.717, 1.165) is 32.5 Å². The van der Waals surface area contributed by atoms with Gasteiger partial charge in [0.25, 0.3) is 5.91 Å². The zero-order valence-corrected chi connectivity index (χ0v) is 18.3. The van der Waals surface area contributed by atoms with Crippen LogP contribution in [0.3, 0.4) is 0 Å². The standard InChI is InChI=1S/C25H30FN3O2/c1-17-12-19-7-10-29(16-22(19)13-18(17)2)25(31)21-6-9-28(15-21)11-8-27-24(30)20-4-3-5-23(26)14-20/h3-5,12-14,21H,6-11,15-16H2,1-2H3,(H,27,30). The van der Waals surface area contributed by atoms with Crippen molar-refractivity contribution >= 4 is 11.8 Å². The van der Waals surface area contributed by atoms with Crippen LogP contribution >= 0.6 is 0 Å². The summed E-state index contributed by atoms with van der Waals surface area (Å²) in [6.07, 6.45) is 1.78. The Hall–Kier alpha value is -2.73. The molecule has 0 aromatic heterocycles. The van der Waals surface area contributed by atoms with Gasteiger partial charge in [0, 0.05) is 38.3 Å². The molecule has 2 amide bonds. The van der Waals surface area contributed by atoms with Crippen LogP contribution in [-0.4, -0.2) is 54.3 Å². The molecule has 5 nitrogen and oxygen atoms in total. The number of aryl methyl sites for hydroxylation is 2. The number of nitrogens with one attached hydrogen (secondary N) is 1. The lowest BCUT2D eigenvalue weighted by molar-refractivity contribution is -0.136. The Kier molecular flexibility index (Phi) is 6.37. The Morgan fingerprint density at radius 1 is 1.10 bits per heavy atom. The highest BCUT2D eigenvalue weighted by Gasteiger charge is 2.32. The molecule has 31 heavy (non-hydrogen) atoms. The summed E-state index contributed by atoms with van der Waals surface area (Å²) in [7, 11) is 0. The third-order valence-electron chi connectivity index (χ3n) is 6.56. The summed E-state index contributed by atoms with van der Waals surface area (Å²) in [6, 6.07) is 10.2. The van der Waals surface area contributed by atoms with Gasteiger partial charge in [-0.05, 0) is 73.7 Å². The van der Waals surface area contributed by atoms with E-state index in [4.69, 9.17) is 0 Å². The van der Waals surface area contributed by atoms with Crippen LogP contribution < -0.4 is 5.32 Å². The van der Waals surface area contributed by atoms with Gasteiger partial charge >= 0.3 is 0 Å². The number of benzene rings is 2. The molecule has 0 radical (unpaired) electrons. The van der Waals surface area contributed by atoms with Gasteiger partial charge in [0.1, 0.15) is 5.82 Å². The summed E-state index contributed by atoms with van der Waals surface area (Å²) in [5.41, 5.74) is 5.56. The Bertz CT molecular complexity index is 991. The van der Waals surface area contributed by atoms with Crippen molar-refractivity contribution in [3.8, 4) is 0 Å². The minimum absolute atomic E-state index is 0.0204. The lowest BCUT2D eigenvalue weighted by Gasteiger charge is -2.31. The van der Waals surface area contributed by atoms with Crippen LogP contribution in [-0.2, 0) is 17.8 Å². The summed E-state index contributed by atoms with van der Waals surface area (Å²) in [6.45, 7) is 8.50. The first-order valence-corrected chi connectivity index (χ1v) is 11.0. The molecule has 1 fully saturated rings. The number of hydrogen-bond acceptors (Lipinski definition) is 3. The molecule has 1 N–H and O–H groups in total. The van der Waals surface area contributed by atoms with Crippen molar-refractivity contribution in [2.75, 3.05) is 32.7 Å². The van der Waals surface area contributed by atoms with E-state index in [0.29, 0.717) is 25.2 Å². The highest BCUT2D eigenvalue weighted by Crippen LogP contribution is 2.26. The van der Waals surface area contributed by atoms with Crippen LogP contribution in [0.1, 0.15) is 39.0 Å². The second-order valence-corrected chi connectivity index (χ2v) is 8.77. The lowest BCUT2D eigenvalue weighted by atomic mass is 9.94. The van der Waals surface area contributed by atoms with Crippen molar-refractivity contribution in [2.24, 2.45) is 5.92 Å². The summed E-state index contributed by atoms with van der Waals surface area (Å²) < 4.78 is 13.3. The van der Waals surface area contributed by atoms with Gasteiger partial charge in [0.2, 0.25) is 5.91 Å². The van der Waals surface area contributed by atoms with Crippen LogP contribution in [0.25, 0.3) is 0 Å². The molecule has 2 aliphatic heterocycles. The van der Waals surface area contributed by atoms with Gasteiger partial charge in [-0.2, -0.15) is 0 Å². The third-order valence-corrected chi connectivity index (χ3v) is 6.56. The Morgan fingerprint density at radius 3 is 2.65 bits per heavy atom. The lowest BCUT2D eigenvalue weighted by Crippen LogP contribution is -2.41. The molecule has 0 bridgehead atoms. The fourth-order valence-corrected chi connectivity index (χ4v) is 4.60. The van der Waals surface area contributed by atoms with Crippen molar-refractivity contribution in [3.05, 3.63) is 70.0 Å². The quantitative estimate of drug-likeness (QED) is 0.804. The molecule has 2 heterocycles. The largest absolute Gasteiger partial charge is 0.351 e. The smallest absolute Gasteiger partial charge is 0.251 e. The van der Waals surface area contributed by atoms with Crippen LogP contribution in [0.4, 0.5) is 4.39 Å². The van der Waals surface area contributed by atoms with Crippen LogP contribution in [0.2, 0.25) is 0 Å². The van der Waals surface area contributed by atoms with E-state index in [-0.39, 0.29) is 17.7 Å². The third kappa shape index (κ3) is 4.96. The van der Waals surface area contributed by atoms with Crippen molar-refractivity contribution < 1.29 is 14.0 Å². The molecule has 1 unspecified atom stereocenters. The maximum Gasteiger partial charge on any atom is 0.251 e. The van der Waals surface area contributed by atoms with Crippen LogP contribution in [0.5, 0.6) is 0 Å². The molecule has 1 saturated heterocycles. The first kappa shape index (κ1) is 21.5. The molecule has 2 aliphatic rings. The first-order valence-electron chi connectivity index (χ1n) is 11.0. The highest BCUT2D eigenvalue weighted by molar-refractivity contribution is 5.94. The zero-order chi connectivity index (χ0) is 22.0. The number of amides is 2. The molecule has 2 aromatic carbocycles. The van der Waals surface area contributed by atoms with Crippen molar-refractivity contribution in [1.82, 2.24) is 15.1 Å². The molecule has 1 atom stereocenters. The maximum absolute atomic E-state index is 13.3. The van der Waals surface area contributed by atoms with E-state index < -0.39 is 5.82 Å². The Morgan fingerprint density at radius 2 is 1.87 bits per heavy atom. The maximum atomic E-state index is 13.3. The molecule has 0 spiro atoms. The SMILES string of the molecule is Cc1cc2c(cc1C)CN(C(=O)C1CCN(CCNC(=O)c3cccc(F)c3)C1)CC2. The predicted octanol–water partition coefficient (Wildman–Crippen LogP) is 3.08. The average molecular weight is 424 g/mol. The van der Waals surface area contributed by atoms with Gasteiger partial charge < -0.3 is 15.1 Å². The Labute approximate surface area is 183 Å². The van der Waals surface area contributed by atoms with Gasteiger partial charge in [-0.15, -0.1) is 0 Å². The fourth-order valence-electron chi connectivity index (χ4n) is 4.60. The molecule has 0 saturated carbocycles. The van der Waals surface area contributed by atoms with E-state index in [1.807, 2.05) is 4.90 Å². The normalized spacial score (nSPS) is 18.7. The van der Waals surface area contributed by atoms with E-state index in [2.05, 4.69) is 36.2 Å². The van der Waals surface area contributed by atoms with Crippen molar-refractivity contribution in [1.29, 1.82) is 0 Å². The molecule has 4 rings (SSSR count). The van der Waals surface area contributed by atoms with E-state index in [1.165, 1.54) is 40.5 Å². The number of rotatable bonds is 5. The molecular formula is C25H30FN3O2. The number of carbonyl (C=O) groups is 2. The average Bonchev–Trinajstić information content (AvgIpc) is 3.22. The topological polar surface area (TPSA) is 52.7 Å². The minimum Gasteiger partial charge on any atom is -0.351 e. The highest BCUT2D eigenvalue weighted by atomic mass is 19.1. The molecule has 6 heteroatoms. The summed E-state index contributed by atoms with van der Waals surface area (Å²) >= 11 is 0. The van der Waals surface area contributed by atoms with Gasteiger partial charge in [0.15, 0.2) is 0 Å². The minimum atomic E-state index is -0.417. The fraction of sp³-hybridized carbons (Fsp3) is 0.440. The molecule has 2 aromatic rings. The van der Waals surface area contributed by atoms with Gasteiger partial charge in [-0.3, -0.25) is 9.59 Å². The van der Waals surface area contributed by atoms with E-state index >= 15 is 0 Å². The van der Waals surface area contributed by atoms with Crippen molar-refractivity contribution in [2.45, 2.75) is 33.2 Å². The van der Waals surface area contributed by atoms with E-state index in [1.54, 1.807) is 6.07 Å². The van der Waals surface area contributed by atoms with Gasteiger partial charge in [-0.25, -0.2) is 4.39 Å². The predicted molar refractivity (Wildman–Crippen MR) is 118 cm³/mol. The van der Waals surface area contributed by atoms with Crippen molar-refractivity contribution in [3.63, 3.8) is 0 Å². The monoisotopic (exact) mass is 423 g/mol. The number of halogens is 1. The molecular weight excluding hydrogens is 393 g/mol. The summed E-state index contributed by atoms with van der Waals surface area (Å²) in [4.78, 5) is 29.5. The Balaban J connectivity index is 1.25. The van der Waals surface area contributed by atoms with Gasteiger partial charge in [-0.1, -0.05) is 18.2 Å². The molecule has 164 valence electrons. The number of hydrogen-bond donors (Lipinski definition) is 1. The number of likely N-dealkylation sites (tertiary alicyclic amines) is 1. The van der Waals surface area contributed by atoms with Crippen LogP contribution in [0.15, 0.2) is 36.4 Å². The second kappa shape index (κ2) is 9.18. The zero-order valence-electron chi connectivity index (χ0n) is 18.3. The number of fused-ring (bicyclic) bond motifs is 1. The number of nitrogens with zero attached hydrogens (tertiary/aromatic N) is 2. The van der Waals surface area contributed by atoms with Gasteiger partial charge in [0.05, 0.1) is 5.92 Å². The molecule has 0 aliphatic carbocycles. The first-order chi connectivity index (χ1) is 14.9. The summed E-state index contributed by atoms with van der Waals surface area (Å²) in [5, 5.41) is 2.84. The van der Waals surface area contributed by atoms with E-state index in [9.17, 15) is 14.0 Å². The summed E-state index contributed by atoms with van der Waals surface area (Å²) in [5.74, 6) is -0.426. The van der Waals surface area contributed by atoms with Crippen LogP contribution in [0, 0.1) is 25.6 Å². The second-order valence-electron chi connectivity index (χ2n) is 8.77.